The van der Waals surface area contributed by atoms with E-state index in [1.165, 1.54) is 4.90 Å². The summed E-state index contributed by atoms with van der Waals surface area (Å²) in [6, 6.07) is -0.511. The second-order valence-corrected chi connectivity index (χ2v) is 3.36. The molecule has 0 saturated carbocycles. The van der Waals surface area contributed by atoms with Crippen LogP contribution in [-0.4, -0.2) is 32.8 Å². The Morgan fingerprint density at radius 2 is 1.92 bits per heavy atom. The predicted molar refractivity (Wildman–Crippen MR) is 42.9 cm³/mol. The van der Waals surface area contributed by atoms with Crippen molar-refractivity contribution in [1.82, 2.24) is 9.62 Å². The van der Waals surface area contributed by atoms with Gasteiger partial charge in [-0.2, -0.15) is 0 Å². The third-order valence-electron chi connectivity index (χ3n) is 1.81. The molecule has 1 fully saturated rings. The van der Waals surface area contributed by atoms with Gasteiger partial charge >= 0.3 is 6.03 Å². The predicted octanol–water partition coefficient (Wildman–Crippen LogP) is -0.0240. The van der Waals surface area contributed by atoms with Crippen LogP contribution in [0, 0.1) is 0 Å². The van der Waals surface area contributed by atoms with Gasteiger partial charge in [-0.3, -0.25) is 8.93 Å². The van der Waals surface area contributed by atoms with E-state index < -0.39 is 17.3 Å². The van der Waals surface area contributed by atoms with Crippen molar-refractivity contribution in [3.8, 4) is 0 Å². The summed E-state index contributed by atoms with van der Waals surface area (Å²) < 4.78 is 22.0. The van der Waals surface area contributed by atoms with Gasteiger partial charge in [-0.15, -0.1) is 0 Å². The van der Waals surface area contributed by atoms with Crippen LogP contribution in [0.25, 0.3) is 0 Å². The fourth-order valence-electron chi connectivity index (χ4n) is 1.23. The zero-order valence-electron chi connectivity index (χ0n) is 6.62. The molecule has 2 amide bonds. The number of urea groups is 1. The van der Waals surface area contributed by atoms with Crippen molar-refractivity contribution >= 4 is 17.3 Å². The Bertz CT molecular complexity index is 191. The third-order valence-corrected chi connectivity index (χ3v) is 2.16. The number of hydrogen-bond acceptors (Lipinski definition) is 3. The molecule has 1 aliphatic heterocycles. The summed E-state index contributed by atoms with van der Waals surface area (Å²) in [6.45, 7) is 1.31. The molecule has 1 rings (SSSR count). The maximum Gasteiger partial charge on any atom is 0.328 e. The van der Waals surface area contributed by atoms with Crippen LogP contribution in [0.1, 0.15) is 19.3 Å². The van der Waals surface area contributed by atoms with Crippen molar-refractivity contribution in [2.75, 3.05) is 13.1 Å². The van der Waals surface area contributed by atoms with Crippen LogP contribution in [-0.2, 0) is 11.3 Å². The van der Waals surface area contributed by atoms with Crippen molar-refractivity contribution in [3.63, 3.8) is 0 Å². The van der Waals surface area contributed by atoms with Crippen LogP contribution in [0.4, 0.5) is 4.79 Å². The minimum atomic E-state index is -2.49. The summed E-state index contributed by atoms with van der Waals surface area (Å²) >= 11 is -2.49. The molecule has 0 spiro atoms. The van der Waals surface area contributed by atoms with Crippen LogP contribution in [0.3, 0.4) is 0 Å². The summed E-state index contributed by atoms with van der Waals surface area (Å²) in [5, 5.41) is 0. The van der Waals surface area contributed by atoms with Crippen LogP contribution >= 0.6 is 0 Å². The minimum Gasteiger partial charge on any atom is -0.755 e. The van der Waals surface area contributed by atoms with E-state index >= 15 is 0 Å². The van der Waals surface area contributed by atoms with E-state index in [1.54, 1.807) is 0 Å². The first-order valence-corrected chi connectivity index (χ1v) is 4.92. The molecule has 1 unspecified atom stereocenters. The Morgan fingerprint density at radius 3 is 2.42 bits per heavy atom. The van der Waals surface area contributed by atoms with Gasteiger partial charge in [0.15, 0.2) is 0 Å². The molecule has 1 heterocycles. The second-order valence-electron chi connectivity index (χ2n) is 2.69. The Hall–Kier alpha value is -0.620. The lowest BCUT2D eigenvalue weighted by Crippen LogP contribution is -2.43. The molecule has 1 atom stereocenters. The molecule has 5 nitrogen and oxygen atoms in total. The fraction of sp³-hybridized carbons (Fsp3) is 0.833. The molecule has 0 aromatic carbocycles. The molecule has 1 saturated heterocycles. The highest BCUT2D eigenvalue weighted by molar-refractivity contribution is 7.77. The number of carbonyl (C=O) groups is 1. The third kappa shape index (κ3) is 2.78. The minimum absolute atomic E-state index is 0.511. The summed E-state index contributed by atoms with van der Waals surface area (Å²) in [7, 11) is 0. The molecular weight excluding hydrogens is 180 g/mol. The van der Waals surface area contributed by atoms with E-state index in [9.17, 15) is 13.6 Å². The Kier molecular flexibility index (Phi) is 3.48. The normalized spacial score (nSPS) is 20.2. The van der Waals surface area contributed by atoms with E-state index in [0.29, 0.717) is 13.1 Å². The molecule has 12 heavy (non-hydrogen) atoms. The molecule has 0 aliphatic carbocycles. The molecule has 70 valence electrons. The first kappa shape index (κ1) is 9.47. The van der Waals surface area contributed by atoms with Gasteiger partial charge in [0.2, 0.25) is 0 Å². The van der Waals surface area contributed by atoms with E-state index in [2.05, 4.69) is 0 Å². The number of nitrogens with one attached hydrogen (secondary N) is 1. The van der Waals surface area contributed by atoms with Crippen LogP contribution in [0.5, 0.6) is 0 Å². The largest absolute Gasteiger partial charge is 0.755 e. The van der Waals surface area contributed by atoms with Gasteiger partial charge < -0.3 is 9.45 Å². The number of hydrogen-bond donors (Lipinski definition) is 1. The summed E-state index contributed by atoms with van der Waals surface area (Å²) in [6.07, 6.45) is 3.03. The van der Waals surface area contributed by atoms with Crippen molar-refractivity contribution < 1.29 is 13.6 Å². The van der Waals surface area contributed by atoms with Gasteiger partial charge in [-0.1, -0.05) is 0 Å². The molecule has 0 bridgehead atoms. The topological polar surface area (TPSA) is 72.5 Å². The Balaban J connectivity index is 2.34. The van der Waals surface area contributed by atoms with Crippen molar-refractivity contribution in [2.24, 2.45) is 0 Å². The second kappa shape index (κ2) is 4.42. The average molecular weight is 191 g/mol. The average Bonchev–Trinajstić information content (AvgIpc) is 2.05. The maximum absolute atomic E-state index is 11.0. The first-order chi connectivity index (χ1) is 5.70. The zero-order valence-corrected chi connectivity index (χ0v) is 7.43. The number of carbonyl (C=O) groups excluding carboxylic acids is 1. The van der Waals surface area contributed by atoms with Crippen molar-refractivity contribution in [3.05, 3.63) is 0 Å². The monoisotopic (exact) mass is 191 g/mol. The lowest BCUT2D eigenvalue weighted by molar-refractivity contribution is 0.192. The van der Waals surface area contributed by atoms with Gasteiger partial charge in [0.25, 0.3) is 0 Å². The van der Waals surface area contributed by atoms with Crippen molar-refractivity contribution in [2.45, 2.75) is 19.3 Å². The molecule has 6 heteroatoms. The maximum atomic E-state index is 11.0. The smallest absolute Gasteiger partial charge is 0.328 e. The summed E-state index contributed by atoms with van der Waals surface area (Å²) in [5.41, 5.74) is 0. The number of piperidine rings is 1. The van der Waals surface area contributed by atoms with Gasteiger partial charge in [0, 0.05) is 24.4 Å². The first-order valence-electron chi connectivity index (χ1n) is 3.85. The van der Waals surface area contributed by atoms with Gasteiger partial charge in [0.1, 0.15) is 0 Å². The summed E-state index contributed by atoms with van der Waals surface area (Å²) in [5.74, 6) is 0. The molecule has 1 N–H and O–H groups in total. The number of amides is 2. The van der Waals surface area contributed by atoms with Crippen LogP contribution in [0.15, 0.2) is 0 Å². The van der Waals surface area contributed by atoms with E-state index in [0.717, 1.165) is 19.3 Å². The summed E-state index contributed by atoms with van der Waals surface area (Å²) in [4.78, 5) is 12.5. The van der Waals surface area contributed by atoms with Crippen LogP contribution in [0.2, 0.25) is 0 Å². The molecular formula is C6H11N2O3S-. The SMILES string of the molecule is O=C(NS(=O)[O-])N1CCCCC1. The number of nitrogens with zero attached hydrogens (tertiary/aromatic N) is 1. The molecule has 0 aromatic heterocycles. The quantitative estimate of drug-likeness (QED) is 0.592. The molecule has 0 radical (unpaired) electrons. The number of rotatable bonds is 1. The van der Waals surface area contributed by atoms with Gasteiger partial charge in [-0.05, 0) is 19.3 Å². The van der Waals surface area contributed by atoms with Gasteiger partial charge in [-0.25, -0.2) is 4.79 Å². The van der Waals surface area contributed by atoms with Crippen LogP contribution < -0.4 is 4.72 Å². The highest BCUT2D eigenvalue weighted by atomic mass is 32.2. The van der Waals surface area contributed by atoms with Crippen molar-refractivity contribution in [1.29, 1.82) is 0 Å². The standard InChI is InChI=1S/C6H12N2O3S/c9-6(7-12(10)11)8-4-2-1-3-5-8/h1-5H2,(H,7,9)(H,10,11)/p-1. The number of likely N-dealkylation sites (tertiary alicyclic amines) is 1. The fourth-order valence-corrected chi connectivity index (χ4v) is 1.50. The lowest BCUT2D eigenvalue weighted by Gasteiger charge is -2.26. The molecule has 0 aromatic rings. The van der Waals surface area contributed by atoms with E-state index in [-0.39, 0.29) is 0 Å². The highest BCUT2D eigenvalue weighted by Gasteiger charge is 2.15. The lowest BCUT2D eigenvalue weighted by atomic mass is 10.1. The molecule has 1 aliphatic rings. The highest BCUT2D eigenvalue weighted by Crippen LogP contribution is 2.08. The Labute approximate surface area is 73.5 Å². The Morgan fingerprint density at radius 1 is 1.33 bits per heavy atom. The zero-order chi connectivity index (χ0) is 8.97. The van der Waals surface area contributed by atoms with E-state index in [4.69, 9.17) is 0 Å². The van der Waals surface area contributed by atoms with Gasteiger partial charge in [0.05, 0.1) is 0 Å². The van der Waals surface area contributed by atoms with E-state index in [1.807, 2.05) is 4.72 Å².